The van der Waals surface area contributed by atoms with Gasteiger partial charge in [0.2, 0.25) is 0 Å². The molecule has 0 aromatic heterocycles. The molecule has 2 atom stereocenters. The molecule has 0 saturated heterocycles. The second kappa shape index (κ2) is 19.0. The van der Waals surface area contributed by atoms with Gasteiger partial charge in [-0.15, -0.1) is 0 Å². The lowest BCUT2D eigenvalue weighted by molar-refractivity contribution is 0.110. The van der Waals surface area contributed by atoms with Gasteiger partial charge < -0.3 is 14.7 Å². The van der Waals surface area contributed by atoms with Crippen LogP contribution in [0.5, 0.6) is 0 Å². The predicted octanol–water partition coefficient (Wildman–Crippen LogP) is 7.02. The molecule has 0 radical (unpaired) electrons. The van der Waals surface area contributed by atoms with Crippen molar-refractivity contribution in [3.63, 3.8) is 0 Å². The molecule has 186 valence electrons. The molecule has 1 rings (SSSR count). The van der Waals surface area contributed by atoms with Crippen LogP contribution in [-0.2, 0) is 13.6 Å². The second-order valence-corrected chi connectivity index (χ2v) is 10.2. The first-order chi connectivity index (χ1) is 14.8. The molecular weight excluding hydrogens is 411 g/mol. The van der Waals surface area contributed by atoms with Crippen LogP contribution in [0.15, 0.2) is 12.4 Å². The molecule has 0 amide bonds. The maximum Gasteiger partial charge on any atom is 0.472 e. The largest absolute Gasteiger partial charge is 0.472 e. The average Bonchev–Trinajstić information content (AvgIpc) is 3.18. The highest BCUT2D eigenvalue weighted by atomic mass is 31.2. The minimum absolute atomic E-state index is 0.316. The van der Waals surface area contributed by atoms with Crippen LogP contribution < -0.4 is 0 Å². The van der Waals surface area contributed by atoms with Crippen molar-refractivity contribution in [1.82, 2.24) is 9.80 Å². The summed E-state index contributed by atoms with van der Waals surface area (Å²) < 4.78 is 22.2. The van der Waals surface area contributed by atoms with Crippen LogP contribution in [0, 0.1) is 11.8 Å². The fourth-order valence-electron chi connectivity index (χ4n) is 3.33. The van der Waals surface area contributed by atoms with Crippen molar-refractivity contribution in [2.45, 2.75) is 98.8 Å². The molecule has 31 heavy (non-hydrogen) atoms. The Labute approximate surface area is 193 Å². The van der Waals surface area contributed by atoms with Crippen LogP contribution >= 0.6 is 7.82 Å². The molecule has 7 heteroatoms. The number of nitrogens with zero attached hydrogens (tertiary/aromatic N) is 2. The third-order valence-electron chi connectivity index (χ3n) is 5.77. The van der Waals surface area contributed by atoms with Crippen molar-refractivity contribution in [2.24, 2.45) is 11.8 Å². The van der Waals surface area contributed by atoms with Crippen molar-refractivity contribution < 1.29 is 18.5 Å². The van der Waals surface area contributed by atoms with Crippen LogP contribution in [0.3, 0.4) is 0 Å². The fraction of sp³-hybridized carbons (Fsp3) is 0.917. The summed E-state index contributed by atoms with van der Waals surface area (Å²) in [5.74, 6) is 0.687. The number of phosphoric acid groups is 1. The van der Waals surface area contributed by atoms with E-state index in [1.807, 2.05) is 0 Å². The molecule has 0 saturated carbocycles. The lowest BCUT2D eigenvalue weighted by Gasteiger charge is -2.20. The van der Waals surface area contributed by atoms with Crippen molar-refractivity contribution in [3.05, 3.63) is 12.4 Å². The number of rotatable bonds is 17. The van der Waals surface area contributed by atoms with Crippen LogP contribution in [-0.4, -0.2) is 48.2 Å². The van der Waals surface area contributed by atoms with Gasteiger partial charge in [-0.1, -0.05) is 79.6 Å². The zero-order valence-corrected chi connectivity index (χ0v) is 22.1. The zero-order valence-electron chi connectivity index (χ0n) is 21.2. The molecule has 0 aromatic carbocycles. The van der Waals surface area contributed by atoms with Crippen LogP contribution in [0.4, 0.5) is 0 Å². The predicted molar refractivity (Wildman–Crippen MR) is 132 cm³/mol. The summed E-state index contributed by atoms with van der Waals surface area (Å²) in [6.45, 7) is 13.6. The Balaban J connectivity index is 0.000000743. The SMILES string of the molecule is CCCCC(CC)COP(=O)(O)OCC(CC)CCCC.CCCCN1C=CN(C)C1. The van der Waals surface area contributed by atoms with Crippen molar-refractivity contribution in [1.29, 1.82) is 0 Å². The van der Waals surface area contributed by atoms with Gasteiger partial charge in [0.05, 0.1) is 19.9 Å². The number of unbranched alkanes of at least 4 members (excludes halogenated alkanes) is 3. The van der Waals surface area contributed by atoms with Gasteiger partial charge in [0.15, 0.2) is 0 Å². The third kappa shape index (κ3) is 16.7. The highest BCUT2D eigenvalue weighted by Gasteiger charge is 2.24. The van der Waals surface area contributed by atoms with Crippen LogP contribution in [0.2, 0.25) is 0 Å². The summed E-state index contributed by atoms with van der Waals surface area (Å²) in [4.78, 5) is 14.3. The number of hydrogen-bond donors (Lipinski definition) is 1. The van der Waals surface area contributed by atoms with Crippen molar-refractivity contribution >= 4 is 7.82 Å². The van der Waals surface area contributed by atoms with E-state index in [0.717, 1.165) is 58.0 Å². The van der Waals surface area contributed by atoms with Crippen molar-refractivity contribution in [3.8, 4) is 0 Å². The van der Waals surface area contributed by atoms with Gasteiger partial charge in [-0.3, -0.25) is 9.05 Å². The highest BCUT2D eigenvalue weighted by molar-refractivity contribution is 7.47. The Morgan fingerprint density at radius 3 is 1.71 bits per heavy atom. The van der Waals surface area contributed by atoms with E-state index in [1.165, 1.54) is 19.4 Å². The van der Waals surface area contributed by atoms with E-state index in [9.17, 15) is 9.46 Å². The normalized spacial score (nSPS) is 17.3. The molecule has 1 aliphatic heterocycles. The average molecular weight is 463 g/mol. The van der Waals surface area contributed by atoms with Gasteiger partial charge in [0.1, 0.15) is 0 Å². The minimum Gasteiger partial charge on any atom is -0.362 e. The molecule has 2 unspecified atom stereocenters. The van der Waals surface area contributed by atoms with E-state index in [-0.39, 0.29) is 0 Å². The number of hydrogen-bond acceptors (Lipinski definition) is 5. The van der Waals surface area contributed by atoms with Gasteiger partial charge in [-0.2, -0.15) is 0 Å². The topological polar surface area (TPSA) is 62.2 Å². The zero-order chi connectivity index (χ0) is 23.5. The molecule has 0 spiro atoms. The van der Waals surface area contributed by atoms with Crippen LogP contribution in [0.25, 0.3) is 0 Å². The van der Waals surface area contributed by atoms with E-state index in [2.05, 4.69) is 63.9 Å². The van der Waals surface area contributed by atoms with E-state index in [0.29, 0.717) is 25.0 Å². The summed E-state index contributed by atoms with van der Waals surface area (Å²) in [5.41, 5.74) is 0. The summed E-state index contributed by atoms with van der Waals surface area (Å²) in [6.07, 6.45) is 15.4. The Kier molecular flexibility index (Phi) is 18.6. The maximum absolute atomic E-state index is 11.9. The van der Waals surface area contributed by atoms with Crippen molar-refractivity contribution in [2.75, 3.05) is 33.5 Å². The molecule has 1 heterocycles. The standard InChI is InChI=1S/C16H35O4P.C8H16N2/c1-5-9-11-15(7-3)13-19-21(17,18)20-14-16(8-4)12-10-6-2;1-3-4-5-10-7-6-9(2)8-10/h15-16H,5-14H2,1-4H3,(H,17,18);6-7H,3-5,8H2,1-2H3. The van der Waals surface area contributed by atoms with Crippen LogP contribution in [0.1, 0.15) is 98.8 Å². The van der Waals surface area contributed by atoms with Gasteiger partial charge in [0, 0.05) is 26.0 Å². The monoisotopic (exact) mass is 462 g/mol. The summed E-state index contributed by atoms with van der Waals surface area (Å²) >= 11 is 0. The Morgan fingerprint density at radius 2 is 1.35 bits per heavy atom. The van der Waals surface area contributed by atoms with Gasteiger partial charge in [-0.25, -0.2) is 4.57 Å². The highest BCUT2D eigenvalue weighted by Crippen LogP contribution is 2.44. The lowest BCUT2D eigenvalue weighted by Crippen LogP contribution is -2.23. The molecule has 1 aliphatic rings. The molecule has 0 fully saturated rings. The first kappa shape index (κ1) is 30.4. The molecule has 6 nitrogen and oxygen atoms in total. The Hall–Kier alpha value is -0.550. The first-order valence-corrected chi connectivity index (χ1v) is 14.1. The van der Waals surface area contributed by atoms with E-state index < -0.39 is 7.82 Å². The number of phosphoric ester groups is 1. The van der Waals surface area contributed by atoms with E-state index >= 15 is 0 Å². The second-order valence-electron chi connectivity index (χ2n) is 8.76. The summed E-state index contributed by atoms with van der Waals surface area (Å²) in [6, 6.07) is 0. The first-order valence-electron chi connectivity index (χ1n) is 12.6. The Bertz CT molecular complexity index is 466. The minimum atomic E-state index is -3.89. The summed E-state index contributed by atoms with van der Waals surface area (Å²) in [7, 11) is -1.79. The molecule has 0 aliphatic carbocycles. The van der Waals surface area contributed by atoms with Gasteiger partial charge in [0.25, 0.3) is 0 Å². The van der Waals surface area contributed by atoms with E-state index in [1.54, 1.807) is 0 Å². The molecule has 0 aromatic rings. The van der Waals surface area contributed by atoms with Gasteiger partial charge in [-0.05, 0) is 31.1 Å². The molecule has 0 bridgehead atoms. The summed E-state index contributed by atoms with van der Waals surface area (Å²) in [5, 5.41) is 0. The molecular formula is C24H51N2O4P. The third-order valence-corrected chi connectivity index (χ3v) is 6.72. The fourth-order valence-corrected chi connectivity index (χ4v) is 4.20. The smallest absolute Gasteiger partial charge is 0.362 e. The maximum atomic E-state index is 11.9. The van der Waals surface area contributed by atoms with E-state index in [4.69, 9.17) is 9.05 Å². The molecule has 1 N–H and O–H groups in total. The Morgan fingerprint density at radius 1 is 0.871 bits per heavy atom. The van der Waals surface area contributed by atoms with Gasteiger partial charge >= 0.3 is 7.82 Å². The lowest BCUT2D eigenvalue weighted by atomic mass is 10.0. The quantitative estimate of drug-likeness (QED) is 0.234.